The molecule has 0 fully saturated rings. The second-order valence-electron chi connectivity index (χ2n) is 4.46. The zero-order valence-electron chi connectivity index (χ0n) is 11.0. The third kappa shape index (κ3) is 3.61. The van der Waals surface area contributed by atoms with E-state index in [0.29, 0.717) is 5.92 Å². The van der Waals surface area contributed by atoms with Crippen molar-refractivity contribution < 1.29 is 9.47 Å². The van der Waals surface area contributed by atoms with Gasteiger partial charge in [0.05, 0.1) is 14.2 Å². The number of benzene rings is 1. The summed E-state index contributed by atoms with van der Waals surface area (Å²) in [5, 5.41) is 0. The van der Waals surface area contributed by atoms with Gasteiger partial charge < -0.3 is 9.47 Å². The van der Waals surface area contributed by atoms with Crippen LogP contribution in [-0.4, -0.2) is 14.2 Å². The fourth-order valence-corrected chi connectivity index (χ4v) is 1.84. The van der Waals surface area contributed by atoms with E-state index in [1.807, 2.05) is 18.2 Å². The maximum atomic E-state index is 5.59. The zero-order chi connectivity index (χ0) is 12.8. The summed E-state index contributed by atoms with van der Waals surface area (Å²) in [6, 6.07) is 6.01. The van der Waals surface area contributed by atoms with Crippen LogP contribution in [0.3, 0.4) is 0 Å². The Bertz CT molecular complexity index is 353. The van der Waals surface area contributed by atoms with E-state index in [9.17, 15) is 0 Å². The number of ether oxygens (including phenoxy) is 2. The molecule has 0 aromatic heterocycles. The third-order valence-corrected chi connectivity index (χ3v) is 2.72. The summed E-state index contributed by atoms with van der Waals surface area (Å²) in [6.07, 6.45) is 0.978. The number of nitrogens with two attached hydrogens (primary N) is 1. The van der Waals surface area contributed by atoms with Gasteiger partial charge in [0.15, 0.2) is 11.5 Å². The predicted molar refractivity (Wildman–Crippen MR) is 69.1 cm³/mol. The van der Waals surface area contributed by atoms with Crippen molar-refractivity contribution in [1.29, 1.82) is 0 Å². The van der Waals surface area contributed by atoms with E-state index >= 15 is 0 Å². The number of hydrazine groups is 1. The van der Waals surface area contributed by atoms with E-state index in [0.717, 1.165) is 23.5 Å². The molecule has 1 aromatic carbocycles. The van der Waals surface area contributed by atoms with Crippen LogP contribution in [-0.2, 0) is 0 Å². The van der Waals surface area contributed by atoms with Crippen LogP contribution in [0.15, 0.2) is 18.2 Å². The second-order valence-corrected chi connectivity index (χ2v) is 4.46. The molecule has 0 heterocycles. The van der Waals surface area contributed by atoms with Gasteiger partial charge in [0.2, 0.25) is 0 Å². The molecule has 0 saturated heterocycles. The van der Waals surface area contributed by atoms with E-state index in [1.165, 1.54) is 0 Å². The van der Waals surface area contributed by atoms with Crippen LogP contribution in [0.5, 0.6) is 11.5 Å². The van der Waals surface area contributed by atoms with Crippen molar-refractivity contribution in [3.63, 3.8) is 0 Å². The molecule has 0 aliphatic carbocycles. The normalized spacial score (nSPS) is 12.6. The lowest BCUT2D eigenvalue weighted by Gasteiger charge is -2.19. The van der Waals surface area contributed by atoms with Gasteiger partial charge >= 0.3 is 0 Å². The Hall–Kier alpha value is -1.26. The first-order chi connectivity index (χ1) is 8.12. The van der Waals surface area contributed by atoms with E-state index in [1.54, 1.807) is 14.2 Å². The molecule has 4 nitrogen and oxygen atoms in total. The second kappa shape index (κ2) is 6.47. The highest BCUT2D eigenvalue weighted by atomic mass is 16.5. The van der Waals surface area contributed by atoms with Crippen LogP contribution in [0.25, 0.3) is 0 Å². The SMILES string of the molecule is COc1ccc(C(CC(C)C)NN)cc1OC. The first-order valence-electron chi connectivity index (χ1n) is 5.80. The molecule has 0 amide bonds. The quantitative estimate of drug-likeness (QED) is 0.589. The van der Waals surface area contributed by atoms with Gasteiger partial charge in [-0.3, -0.25) is 11.3 Å². The van der Waals surface area contributed by atoms with Crippen LogP contribution < -0.4 is 20.7 Å². The van der Waals surface area contributed by atoms with Gasteiger partial charge in [-0.2, -0.15) is 0 Å². The van der Waals surface area contributed by atoms with Crippen LogP contribution in [0.4, 0.5) is 0 Å². The van der Waals surface area contributed by atoms with Crippen LogP contribution in [0.1, 0.15) is 31.9 Å². The number of rotatable bonds is 6. The molecule has 4 heteroatoms. The summed E-state index contributed by atoms with van der Waals surface area (Å²) in [4.78, 5) is 0. The number of hydrogen-bond donors (Lipinski definition) is 2. The van der Waals surface area contributed by atoms with Gasteiger partial charge in [-0.15, -0.1) is 0 Å². The van der Waals surface area contributed by atoms with Gasteiger partial charge in [0.1, 0.15) is 0 Å². The summed E-state index contributed by atoms with van der Waals surface area (Å²) in [5.41, 5.74) is 3.95. The average molecular weight is 238 g/mol. The fraction of sp³-hybridized carbons (Fsp3) is 0.538. The summed E-state index contributed by atoms with van der Waals surface area (Å²) in [7, 11) is 3.26. The molecule has 1 unspecified atom stereocenters. The highest BCUT2D eigenvalue weighted by Crippen LogP contribution is 2.31. The van der Waals surface area contributed by atoms with Gasteiger partial charge in [0, 0.05) is 6.04 Å². The lowest BCUT2D eigenvalue weighted by atomic mass is 9.97. The largest absolute Gasteiger partial charge is 0.493 e. The molecule has 1 atom stereocenters. The molecule has 0 bridgehead atoms. The number of methoxy groups -OCH3 is 2. The summed E-state index contributed by atoms with van der Waals surface area (Å²) in [6.45, 7) is 4.34. The Morgan fingerprint density at radius 1 is 1.18 bits per heavy atom. The van der Waals surface area contributed by atoms with Gasteiger partial charge in [-0.1, -0.05) is 19.9 Å². The number of hydrogen-bond acceptors (Lipinski definition) is 4. The molecular formula is C13H22N2O2. The Morgan fingerprint density at radius 2 is 1.82 bits per heavy atom. The Labute approximate surface area is 103 Å². The molecule has 0 aliphatic rings. The summed E-state index contributed by atoms with van der Waals surface area (Å²) < 4.78 is 10.5. The minimum atomic E-state index is 0.134. The molecular weight excluding hydrogens is 216 g/mol. The van der Waals surface area contributed by atoms with Crippen molar-refractivity contribution in [2.24, 2.45) is 11.8 Å². The molecule has 1 aromatic rings. The van der Waals surface area contributed by atoms with Gasteiger partial charge in [-0.05, 0) is 30.0 Å². The lowest BCUT2D eigenvalue weighted by Crippen LogP contribution is -2.29. The third-order valence-electron chi connectivity index (χ3n) is 2.72. The van der Waals surface area contributed by atoms with Crippen LogP contribution in [0.2, 0.25) is 0 Å². The van der Waals surface area contributed by atoms with E-state index in [2.05, 4.69) is 19.3 Å². The highest BCUT2D eigenvalue weighted by Gasteiger charge is 2.14. The maximum Gasteiger partial charge on any atom is 0.161 e. The highest BCUT2D eigenvalue weighted by molar-refractivity contribution is 5.43. The zero-order valence-corrected chi connectivity index (χ0v) is 11.0. The molecule has 0 radical (unpaired) electrons. The first kappa shape index (κ1) is 13.8. The van der Waals surface area contributed by atoms with Crippen molar-refractivity contribution >= 4 is 0 Å². The van der Waals surface area contributed by atoms with E-state index < -0.39 is 0 Å². The van der Waals surface area contributed by atoms with Crippen molar-refractivity contribution in [3.05, 3.63) is 23.8 Å². The molecule has 0 saturated carbocycles. The average Bonchev–Trinajstić information content (AvgIpc) is 2.34. The molecule has 17 heavy (non-hydrogen) atoms. The number of nitrogens with one attached hydrogen (secondary N) is 1. The Balaban J connectivity index is 2.96. The summed E-state index contributed by atoms with van der Waals surface area (Å²) in [5.74, 6) is 7.63. The van der Waals surface area contributed by atoms with Crippen molar-refractivity contribution in [2.75, 3.05) is 14.2 Å². The predicted octanol–water partition coefficient (Wildman–Crippen LogP) is 2.25. The molecule has 0 aliphatic heterocycles. The Morgan fingerprint density at radius 3 is 2.29 bits per heavy atom. The van der Waals surface area contributed by atoms with E-state index in [4.69, 9.17) is 15.3 Å². The Kier molecular flexibility index (Phi) is 5.25. The lowest BCUT2D eigenvalue weighted by molar-refractivity contribution is 0.353. The van der Waals surface area contributed by atoms with Crippen molar-refractivity contribution in [1.82, 2.24) is 5.43 Å². The maximum absolute atomic E-state index is 5.59. The van der Waals surface area contributed by atoms with Crippen LogP contribution in [0, 0.1) is 5.92 Å². The minimum Gasteiger partial charge on any atom is -0.493 e. The van der Waals surface area contributed by atoms with Gasteiger partial charge in [0.25, 0.3) is 0 Å². The van der Waals surface area contributed by atoms with Crippen molar-refractivity contribution in [2.45, 2.75) is 26.3 Å². The van der Waals surface area contributed by atoms with Crippen LogP contribution >= 0.6 is 0 Å². The topological polar surface area (TPSA) is 56.5 Å². The fourth-order valence-electron chi connectivity index (χ4n) is 1.84. The van der Waals surface area contributed by atoms with Crippen molar-refractivity contribution in [3.8, 4) is 11.5 Å². The first-order valence-corrected chi connectivity index (χ1v) is 5.80. The summed E-state index contributed by atoms with van der Waals surface area (Å²) >= 11 is 0. The molecule has 0 spiro atoms. The standard InChI is InChI=1S/C13H22N2O2/c1-9(2)7-11(15-14)10-5-6-12(16-3)13(8-10)17-4/h5-6,8-9,11,15H,7,14H2,1-4H3. The smallest absolute Gasteiger partial charge is 0.161 e. The molecule has 96 valence electrons. The van der Waals surface area contributed by atoms with Gasteiger partial charge in [-0.25, -0.2) is 0 Å². The van der Waals surface area contributed by atoms with E-state index in [-0.39, 0.29) is 6.04 Å². The molecule has 1 rings (SSSR count). The molecule has 3 N–H and O–H groups in total. The monoisotopic (exact) mass is 238 g/mol. The minimum absolute atomic E-state index is 0.134.